The number of pyridine rings is 1. The number of aryl methyl sites for hydroxylation is 1. The van der Waals surface area contributed by atoms with Crippen molar-refractivity contribution in [1.29, 1.82) is 0 Å². The lowest BCUT2D eigenvalue weighted by Gasteiger charge is -2.16. The lowest BCUT2D eigenvalue weighted by molar-refractivity contribution is 0.0590. The molecule has 0 aliphatic heterocycles. The third-order valence-electron chi connectivity index (χ3n) is 4.99. The normalized spacial score (nSPS) is 10.8. The molecule has 3 aromatic carbocycles. The topological polar surface area (TPSA) is 48.4 Å². The van der Waals surface area contributed by atoms with E-state index in [4.69, 9.17) is 14.5 Å². The van der Waals surface area contributed by atoms with E-state index in [2.05, 4.69) is 6.07 Å². The van der Waals surface area contributed by atoms with Gasteiger partial charge in [-0.05, 0) is 30.7 Å². The van der Waals surface area contributed by atoms with E-state index in [1.165, 1.54) is 24.9 Å². The van der Waals surface area contributed by atoms with E-state index in [0.29, 0.717) is 33.0 Å². The van der Waals surface area contributed by atoms with Gasteiger partial charge in [0, 0.05) is 16.7 Å². The van der Waals surface area contributed by atoms with Crippen LogP contribution in [0.15, 0.2) is 77.8 Å². The van der Waals surface area contributed by atoms with Crippen molar-refractivity contribution in [2.24, 2.45) is 0 Å². The summed E-state index contributed by atoms with van der Waals surface area (Å²) in [6.07, 6.45) is 0. The Kier molecular flexibility index (Phi) is 6.71. The fourth-order valence-corrected chi connectivity index (χ4v) is 4.38. The summed E-state index contributed by atoms with van der Waals surface area (Å²) < 4.78 is 25.3. The highest BCUT2D eigenvalue weighted by atomic mass is 32.2. The number of carbonyl (C=O) groups excluding carboxylic acids is 1. The van der Waals surface area contributed by atoms with Crippen LogP contribution in [0, 0.1) is 12.7 Å². The molecule has 0 N–H and O–H groups in total. The van der Waals surface area contributed by atoms with Crippen LogP contribution in [0.4, 0.5) is 4.39 Å². The predicted octanol–water partition coefficient (Wildman–Crippen LogP) is 6.34. The Morgan fingerprint density at radius 1 is 1.03 bits per heavy atom. The Morgan fingerprint density at radius 2 is 1.81 bits per heavy atom. The number of aromatic nitrogens is 1. The van der Waals surface area contributed by atoms with Crippen molar-refractivity contribution in [2.75, 3.05) is 7.11 Å². The number of ether oxygens (including phenoxy) is 2. The van der Waals surface area contributed by atoms with Crippen molar-refractivity contribution < 1.29 is 18.7 Å². The van der Waals surface area contributed by atoms with Crippen LogP contribution in [-0.4, -0.2) is 18.1 Å². The van der Waals surface area contributed by atoms with Crippen LogP contribution < -0.4 is 4.74 Å². The minimum absolute atomic E-state index is 0.0212. The second kappa shape index (κ2) is 9.83. The van der Waals surface area contributed by atoms with Crippen molar-refractivity contribution >= 4 is 28.6 Å². The summed E-state index contributed by atoms with van der Waals surface area (Å²) in [5, 5.41) is 1.18. The second-order valence-corrected chi connectivity index (χ2v) is 8.25. The average Bonchev–Trinajstić information content (AvgIpc) is 2.81. The van der Waals surface area contributed by atoms with E-state index in [-0.39, 0.29) is 18.0 Å². The average molecular weight is 448 g/mol. The third-order valence-corrected chi connectivity index (χ3v) is 6.04. The highest BCUT2D eigenvalue weighted by Crippen LogP contribution is 2.37. The van der Waals surface area contributed by atoms with Crippen molar-refractivity contribution in [2.45, 2.75) is 24.3 Å². The minimum Gasteiger partial charge on any atom is -0.487 e. The SMILES string of the molecule is COC(=O)c1c(SCc2cccc(C)c2)nc2ccccc2c1OCc1ccccc1F. The summed E-state index contributed by atoms with van der Waals surface area (Å²) in [6.45, 7) is 2.02. The summed E-state index contributed by atoms with van der Waals surface area (Å²) in [5.41, 5.74) is 3.63. The molecule has 4 rings (SSSR count). The number of benzene rings is 3. The lowest BCUT2D eigenvalue weighted by Crippen LogP contribution is -2.10. The maximum absolute atomic E-state index is 14.2. The molecule has 0 atom stereocenters. The molecular formula is C26H22FNO3S. The largest absolute Gasteiger partial charge is 0.487 e. The fourth-order valence-electron chi connectivity index (χ4n) is 3.42. The number of thioether (sulfide) groups is 1. The van der Waals surface area contributed by atoms with Gasteiger partial charge in [-0.2, -0.15) is 0 Å². The van der Waals surface area contributed by atoms with E-state index in [1.54, 1.807) is 18.2 Å². The van der Waals surface area contributed by atoms with E-state index in [9.17, 15) is 9.18 Å². The van der Waals surface area contributed by atoms with Gasteiger partial charge in [0.2, 0.25) is 0 Å². The van der Waals surface area contributed by atoms with E-state index >= 15 is 0 Å². The van der Waals surface area contributed by atoms with E-state index < -0.39 is 5.97 Å². The smallest absolute Gasteiger partial charge is 0.344 e. The van der Waals surface area contributed by atoms with Crippen LogP contribution in [0.3, 0.4) is 0 Å². The van der Waals surface area contributed by atoms with Gasteiger partial charge in [0.1, 0.15) is 28.8 Å². The van der Waals surface area contributed by atoms with Gasteiger partial charge >= 0.3 is 5.97 Å². The number of nitrogens with zero attached hydrogens (tertiary/aromatic N) is 1. The highest BCUT2D eigenvalue weighted by molar-refractivity contribution is 7.98. The number of esters is 1. The molecule has 32 heavy (non-hydrogen) atoms. The molecule has 0 saturated carbocycles. The first-order valence-corrected chi connectivity index (χ1v) is 11.1. The monoisotopic (exact) mass is 447 g/mol. The maximum Gasteiger partial charge on any atom is 0.344 e. The molecule has 6 heteroatoms. The van der Waals surface area contributed by atoms with Gasteiger partial charge in [0.15, 0.2) is 0 Å². The number of fused-ring (bicyclic) bond motifs is 1. The molecule has 1 aromatic heterocycles. The van der Waals surface area contributed by atoms with Crippen molar-refractivity contribution in [3.8, 4) is 5.75 Å². The van der Waals surface area contributed by atoms with Crippen molar-refractivity contribution in [3.63, 3.8) is 0 Å². The number of rotatable bonds is 7. The van der Waals surface area contributed by atoms with Crippen molar-refractivity contribution in [1.82, 2.24) is 4.98 Å². The molecule has 0 aliphatic carbocycles. The number of hydrogen-bond donors (Lipinski definition) is 0. The van der Waals surface area contributed by atoms with E-state index in [0.717, 1.165) is 11.1 Å². The Balaban J connectivity index is 1.77. The molecule has 1 heterocycles. The minimum atomic E-state index is -0.543. The molecule has 4 aromatic rings. The molecule has 0 radical (unpaired) electrons. The van der Waals surface area contributed by atoms with Crippen LogP contribution in [0.5, 0.6) is 5.75 Å². The number of hydrogen-bond acceptors (Lipinski definition) is 5. The van der Waals surface area contributed by atoms with Gasteiger partial charge in [0.25, 0.3) is 0 Å². The zero-order valence-corrected chi connectivity index (χ0v) is 18.6. The third kappa shape index (κ3) is 4.75. The van der Waals surface area contributed by atoms with Gasteiger partial charge in [-0.15, -0.1) is 11.8 Å². The summed E-state index contributed by atoms with van der Waals surface area (Å²) in [5.74, 6) is 0.0690. The van der Waals surface area contributed by atoms with Gasteiger partial charge in [0.05, 0.1) is 12.6 Å². The first-order valence-electron chi connectivity index (χ1n) is 10.1. The first kappa shape index (κ1) is 21.8. The van der Waals surface area contributed by atoms with Crippen LogP contribution in [-0.2, 0) is 17.1 Å². The Morgan fingerprint density at radius 3 is 2.59 bits per heavy atom. The molecule has 0 saturated heterocycles. The van der Waals surface area contributed by atoms with E-state index in [1.807, 2.05) is 49.4 Å². The zero-order valence-electron chi connectivity index (χ0n) is 17.8. The first-order chi connectivity index (χ1) is 15.6. The standard InChI is InChI=1S/C26H22FNO3S/c1-17-8-7-9-18(14-17)16-32-25-23(26(29)30-2)24(20-11-4-6-13-22(20)28-25)31-15-19-10-3-5-12-21(19)27/h3-14H,15-16H2,1-2H3. The van der Waals surface area contributed by atoms with Crippen LogP contribution in [0.25, 0.3) is 10.9 Å². The van der Waals surface area contributed by atoms with Gasteiger partial charge in [-0.1, -0.05) is 60.2 Å². The molecule has 162 valence electrons. The summed E-state index contributed by atoms with van der Waals surface area (Å²) >= 11 is 1.44. The number of para-hydroxylation sites is 1. The van der Waals surface area contributed by atoms with Gasteiger partial charge in [-0.3, -0.25) is 0 Å². The van der Waals surface area contributed by atoms with Crippen LogP contribution in [0.2, 0.25) is 0 Å². The molecular weight excluding hydrogens is 425 g/mol. The lowest BCUT2D eigenvalue weighted by atomic mass is 10.1. The molecule has 4 nitrogen and oxygen atoms in total. The second-order valence-electron chi connectivity index (χ2n) is 7.29. The van der Waals surface area contributed by atoms with Gasteiger partial charge in [-0.25, -0.2) is 14.2 Å². The number of methoxy groups -OCH3 is 1. The maximum atomic E-state index is 14.2. The van der Waals surface area contributed by atoms with Gasteiger partial charge < -0.3 is 9.47 Å². The molecule has 0 fully saturated rings. The molecule has 0 bridgehead atoms. The Hall–Kier alpha value is -3.38. The Labute approximate surface area is 190 Å². The quantitative estimate of drug-likeness (QED) is 0.244. The number of carbonyl (C=O) groups is 1. The summed E-state index contributed by atoms with van der Waals surface area (Å²) in [6, 6.07) is 22.0. The molecule has 0 spiro atoms. The molecule has 0 amide bonds. The summed E-state index contributed by atoms with van der Waals surface area (Å²) in [7, 11) is 1.33. The predicted molar refractivity (Wildman–Crippen MR) is 125 cm³/mol. The Bertz CT molecular complexity index is 1280. The fraction of sp³-hybridized carbons (Fsp3) is 0.154. The zero-order chi connectivity index (χ0) is 22.5. The van der Waals surface area contributed by atoms with Crippen LogP contribution >= 0.6 is 11.8 Å². The van der Waals surface area contributed by atoms with Crippen LogP contribution in [0.1, 0.15) is 27.0 Å². The van der Waals surface area contributed by atoms with Crippen molar-refractivity contribution in [3.05, 3.63) is 101 Å². The number of halogens is 1. The highest BCUT2D eigenvalue weighted by Gasteiger charge is 2.24. The molecule has 0 aliphatic rings. The summed E-state index contributed by atoms with van der Waals surface area (Å²) in [4.78, 5) is 17.5. The molecule has 0 unspecified atom stereocenters.